The molecule has 0 aliphatic carbocycles. The molecule has 0 spiro atoms. The molecule has 5 aromatic rings. The molecule has 0 unspecified atom stereocenters. The number of rotatable bonds is 7. The monoisotopic (exact) mass is 462 g/mol. The van der Waals surface area contributed by atoms with Crippen molar-refractivity contribution in [2.45, 2.75) is 6.92 Å². The highest BCUT2D eigenvalue weighted by Crippen LogP contribution is 2.40. The van der Waals surface area contributed by atoms with Crippen molar-refractivity contribution in [3.8, 4) is 56.8 Å². The highest BCUT2D eigenvalue weighted by Gasteiger charge is 2.23. The Morgan fingerprint density at radius 1 is 0.771 bits per heavy atom. The molecule has 1 heterocycles. The maximum absolute atomic E-state index is 10.2. The number of aromatic nitrogens is 2. The molecule has 0 fully saturated rings. The Morgan fingerprint density at radius 2 is 1.43 bits per heavy atom. The number of nitrogens with zero attached hydrogens (tertiary/aromatic N) is 2. The molecule has 0 amide bonds. The van der Waals surface area contributed by atoms with Crippen molar-refractivity contribution in [1.82, 2.24) is 9.55 Å². The van der Waals surface area contributed by atoms with E-state index in [1.165, 1.54) is 0 Å². The van der Waals surface area contributed by atoms with Gasteiger partial charge in [0.2, 0.25) is 0 Å². The van der Waals surface area contributed by atoms with Crippen molar-refractivity contribution in [3.05, 3.63) is 103 Å². The van der Waals surface area contributed by atoms with Crippen molar-refractivity contribution in [2.24, 2.45) is 0 Å². The van der Waals surface area contributed by atoms with Gasteiger partial charge in [0.25, 0.3) is 0 Å². The number of hydrogen-bond donors (Lipinski definition) is 1. The molecule has 0 aliphatic rings. The average molecular weight is 463 g/mol. The molecule has 0 saturated heterocycles. The molecule has 1 N–H and O–H groups in total. The normalized spacial score (nSPS) is 10.8. The zero-order chi connectivity index (χ0) is 24.2. The molecular weight excluding hydrogens is 436 g/mol. The van der Waals surface area contributed by atoms with Crippen molar-refractivity contribution in [3.63, 3.8) is 0 Å². The van der Waals surface area contributed by atoms with Crippen LogP contribution in [0.5, 0.6) is 17.2 Å². The van der Waals surface area contributed by atoms with Crippen LogP contribution in [0, 0.1) is 0 Å². The standard InChI is InChI=1S/C30H26N2O3/c1-3-35-25-17-15-24(16-18-25)32-29(22-12-8-5-9-13-22)28(21-10-6-4-7-11-21)31-30(32)23-14-19-26(33)27(20-23)34-2/h4-20,33H,3H2,1-2H3. The second-order valence-corrected chi connectivity index (χ2v) is 8.01. The summed E-state index contributed by atoms with van der Waals surface area (Å²) in [6, 6.07) is 33.7. The lowest BCUT2D eigenvalue weighted by Crippen LogP contribution is -2.01. The Kier molecular flexibility index (Phi) is 6.22. The van der Waals surface area contributed by atoms with Crippen LogP contribution >= 0.6 is 0 Å². The predicted molar refractivity (Wildman–Crippen MR) is 139 cm³/mol. The van der Waals surface area contributed by atoms with Crippen LogP contribution < -0.4 is 9.47 Å². The molecule has 0 radical (unpaired) electrons. The third-order valence-electron chi connectivity index (χ3n) is 5.82. The van der Waals surface area contributed by atoms with Gasteiger partial charge in [-0.05, 0) is 49.4 Å². The predicted octanol–water partition coefficient (Wildman–Crippen LogP) is 6.99. The van der Waals surface area contributed by atoms with E-state index in [0.717, 1.165) is 45.3 Å². The number of benzene rings is 4. The second kappa shape index (κ2) is 9.77. The van der Waals surface area contributed by atoms with Gasteiger partial charge >= 0.3 is 0 Å². The highest BCUT2D eigenvalue weighted by molar-refractivity contribution is 5.84. The van der Waals surface area contributed by atoms with Gasteiger partial charge in [-0.1, -0.05) is 60.7 Å². The summed E-state index contributed by atoms with van der Waals surface area (Å²) in [4.78, 5) is 5.16. The van der Waals surface area contributed by atoms with E-state index in [2.05, 4.69) is 28.8 Å². The van der Waals surface area contributed by atoms with Crippen molar-refractivity contribution < 1.29 is 14.6 Å². The summed E-state index contributed by atoms with van der Waals surface area (Å²) in [6.45, 7) is 2.58. The smallest absolute Gasteiger partial charge is 0.161 e. The maximum Gasteiger partial charge on any atom is 0.161 e. The minimum absolute atomic E-state index is 0.0852. The third kappa shape index (κ3) is 4.36. The number of phenols is 1. The minimum atomic E-state index is 0.0852. The lowest BCUT2D eigenvalue weighted by atomic mass is 10.0. The van der Waals surface area contributed by atoms with E-state index in [4.69, 9.17) is 14.5 Å². The van der Waals surface area contributed by atoms with Gasteiger partial charge in [0.1, 0.15) is 11.6 Å². The van der Waals surface area contributed by atoms with Gasteiger partial charge in [-0.3, -0.25) is 4.57 Å². The van der Waals surface area contributed by atoms with Gasteiger partial charge in [-0.15, -0.1) is 0 Å². The van der Waals surface area contributed by atoms with Gasteiger partial charge < -0.3 is 14.6 Å². The van der Waals surface area contributed by atoms with Crippen LogP contribution in [-0.4, -0.2) is 28.4 Å². The number of methoxy groups -OCH3 is 1. The van der Waals surface area contributed by atoms with E-state index in [1.807, 2.05) is 79.7 Å². The van der Waals surface area contributed by atoms with Crippen LogP contribution in [0.3, 0.4) is 0 Å². The van der Waals surface area contributed by atoms with Crippen molar-refractivity contribution in [1.29, 1.82) is 0 Å². The first-order valence-electron chi connectivity index (χ1n) is 11.5. The lowest BCUT2D eigenvalue weighted by Gasteiger charge is -2.15. The summed E-state index contributed by atoms with van der Waals surface area (Å²) >= 11 is 0. The number of phenolic OH excluding ortho intramolecular Hbond substituents is 1. The van der Waals surface area contributed by atoms with Gasteiger partial charge in [-0.2, -0.15) is 0 Å². The molecule has 35 heavy (non-hydrogen) atoms. The van der Waals surface area contributed by atoms with E-state index in [0.29, 0.717) is 12.4 Å². The quantitative estimate of drug-likeness (QED) is 0.283. The Hall–Kier alpha value is -4.51. The minimum Gasteiger partial charge on any atom is -0.504 e. The number of aromatic hydroxyl groups is 1. The van der Waals surface area contributed by atoms with Crippen molar-refractivity contribution >= 4 is 0 Å². The Labute approximate surface area is 204 Å². The zero-order valence-electron chi connectivity index (χ0n) is 19.7. The summed E-state index contributed by atoms with van der Waals surface area (Å²) in [6.07, 6.45) is 0. The largest absolute Gasteiger partial charge is 0.504 e. The first-order valence-corrected chi connectivity index (χ1v) is 11.5. The fourth-order valence-electron chi connectivity index (χ4n) is 4.20. The van der Waals surface area contributed by atoms with E-state index in [-0.39, 0.29) is 5.75 Å². The van der Waals surface area contributed by atoms with Crippen LogP contribution in [0.2, 0.25) is 0 Å². The SMILES string of the molecule is CCOc1ccc(-n2c(-c3ccc(O)c(OC)c3)nc(-c3ccccc3)c2-c2ccccc2)cc1. The molecule has 0 bridgehead atoms. The second-order valence-electron chi connectivity index (χ2n) is 8.01. The van der Waals surface area contributed by atoms with Gasteiger partial charge in [-0.25, -0.2) is 4.98 Å². The third-order valence-corrected chi connectivity index (χ3v) is 5.82. The fraction of sp³-hybridized carbons (Fsp3) is 0.100. The number of ether oxygens (including phenoxy) is 2. The summed E-state index contributed by atoms with van der Waals surface area (Å²) in [5.74, 6) is 2.03. The summed E-state index contributed by atoms with van der Waals surface area (Å²) in [5, 5.41) is 10.2. The van der Waals surface area contributed by atoms with Crippen molar-refractivity contribution in [2.75, 3.05) is 13.7 Å². The number of hydrogen-bond acceptors (Lipinski definition) is 4. The van der Waals surface area contributed by atoms with Gasteiger partial charge in [0, 0.05) is 22.4 Å². The molecular formula is C30H26N2O3. The summed E-state index contributed by atoms with van der Waals surface area (Å²) in [7, 11) is 1.54. The van der Waals surface area contributed by atoms with Gasteiger partial charge in [0.05, 0.1) is 25.1 Å². The average Bonchev–Trinajstić information content (AvgIpc) is 3.31. The molecule has 0 aliphatic heterocycles. The first kappa shape index (κ1) is 22.3. The van der Waals surface area contributed by atoms with Crippen LogP contribution in [0.4, 0.5) is 0 Å². The molecule has 0 saturated carbocycles. The van der Waals surface area contributed by atoms with E-state index in [1.54, 1.807) is 13.2 Å². The summed E-state index contributed by atoms with van der Waals surface area (Å²) < 4.78 is 13.2. The number of imidazole rings is 1. The molecule has 5 heteroatoms. The first-order chi connectivity index (χ1) is 17.2. The molecule has 1 aromatic heterocycles. The Balaban J connectivity index is 1.83. The summed E-state index contributed by atoms with van der Waals surface area (Å²) in [5.41, 5.74) is 5.68. The zero-order valence-corrected chi connectivity index (χ0v) is 19.7. The topological polar surface area (TPSA) is 56.5 Å². The van der Waals surface area contributed by atoms with E-state index >= 15 is 0 Å². The molecule has 174 valence electrons. The molecule has 5 rings (SSSR count). The molecule has 5 nitrogen and oxygen atoms in total. The Bertz CT molecular complexity index is 1430. The van der Waals surface area contributed by atoms with Gasteiger partial charge in [0.15, 0.2) is 11.5 Å². The van der Waals surface area contributed by atoms with Crippen LogP contribution in [0.25, 0.3) is 39.6 Å². The maximum atomic E-state index is 10.2. The van der Waals surface area contributed by atoms with Crippen LogP contribution in [0.15, 0.2) is 103 Å². The molecule has 0 atom stereocenters. The van der Waals surface area contributed by atoms with E-state index in [9.17, 15) is 5.11 Å². The molecule has 4 aromatic carbocycles. The Morgan fingerprint density at radius 3 is 2.06 bits per heavy atom. The highest BCUT2D eigenvalue weighted by atomic mass is 16.5. The van der Waals surface area contributed by atoms with Crippen LogP contribution in [-0.2, 0) is 0 Å². The van der Waals surface area contributed by atoms with E-state index < -0.39 is 0 Å². The lowest BCUT2D eigenvalue weighted by molar-refractivity contribution is 0.340. The van der Waals surface area contributed by atoms with Crippen LogP contribution in [0.1, 0.15) is 6.92 Å². The fourth-order valence-corrected chi connectivity index (χ4v) is 4.20.